The van der Waals surface area contributed by atoms with E-state index in [-0.39, 0.29) is 22.7 Å². The van der Waals surface area contributed by atoms with E-state index in [9.17, 15) is 24.6 Å². The minimum atomic E-state index is -0.789. The van der Waals surface area contributed by atoms with Gasteiger partial charge in [0.05, 0.1) is 10.6 Å². The normalized spacial score (nSPS) is 11.1. The van der Waals surface area contributed by atoms with Crippen LogP contribution in [0.2, 0.25) is 0 Å². The molecule has 1 amide bonds. The fourth-order valence-electron chi connectivity index (χ4n) is 2.68. The third kappa shape index (κ3) is 4.61. The molecule has 150 valence electrons. The number of nitriles is 1. The predicted octanol–water partition coefficient (Wildman–Crippen LogP) is 5.61. The van der Waals surface area contributed by atoms with Crippen molar-refractivity contribution in [3.8, 4) is 17.4 Å². The van der Waals surface area contributed by atoms with Crippen molar-refractivity contribution in [3.05, 3.63) is 85.8 Å². The second-order valence-electron chi connectivity index (χ2n) is 6.21. The summed E-state index contributed by atoms with van der Waals surface area (Å²) in [7, 11) is 0. The molecule has 0 saturated heterocycles. The van der Waals surface area contributed by atoms with Crippen LogP contribution in [0.3, 0.4) is 0 Å². The highest BCUT2D eigenvalue weighted by atomic mass is 79.9. The number of nitro groups is 1. The lowest BCUT2D eigenvalue weighted by Gasteiger charge is -2.05. The number of halogens is 2. The molecule has 0 aliphatic carbocycles. The van der Waals surface area contributed by atoms with Gasteiger partial charge < -0.3 is 9.73 Å². The Bertz CT molecular complexity index is 1230. The largest absolute Gasteiger partial charge is 0.457 e. The zero-order valence-corrected chi connectivity index (χ0v) is 17.1. The third-order valence-electron chi connectivity index (χ3n) is 4.14. The van der Waals surface area contributed by atoms with Crippen molar-refractivity contribution in [2.24, 2.45) is 0 Å². The number of benzene rings is 2. The minimum Gasteiger partial charge on any atom is -0.457 e. The molecular formula is C21H13BrFN3O4. The Labute approximate surface area is 178 Å². The molecule has 0 unspecified atom stereocenters. The maximum atomic E-state index is 13.9. The van der Waals surface area contributed by atoms with Crippen molar-refractivity contribution in [3.63, 3.8) is 0 Å². The number of carbonyl (C=O) groups is 1. The van der Waals surface area contributed by atoms with Crippen LogP contribution in [-0.2, 0) is 4.79 Å². The number of anilines is 1. The standard InChI is InChI=1S/C21H13BrFN3O4/c1-12-8-15(26(28)29)3-5-17(12)20-7-4-16(30-20)9-13(11-24)21(27)25-19-6-2-14(22)10-18(19)23/h2-10H,1H3,(H,25,27). The Balaban J connectivity index is 1.84. The molecule has 1 heterocycles. The lowest BCUT2D eigenvalue weighted by atomic mass is 10.1. The lowest BCUT2D eigenvalue weighted by molar-refractivity contribution is -0.384. The molecule has 1 aromatic heterocycles. The minimum absolute atomic E-state index is 0.0356. The van der Waals surface area contributed by atoms with Crippen LogP contribution in [0.15, 0.2) is 63.0 Å². The van der Waals surface area contributed by atoms with Crippen LogP contribution in [-0.4, -0.2) is 10.8 Å². The van der Waals surface area contributed by atoms with Crippen LogP contribution in [0.4, 0.5) is 15.8 Å². The number of nitrogens with one attached hydrogen (secondary N) is 1. The highest BCUT2D eigenvalue weighted by Crippen LogP contribution is 2.29. The van der Waals surface area contributed by atoms with Gasteiger partial charge in [-0.2, -0.15) is 5.26 Å². The third-order valence-corrected chi connectivity index (χ3v) is 4.64. The van der Waals surface area contributed by atoms with Crippen LogP contribution < -0.4 is 5.32 Å². The molecular weight excluding hydrogens is 457 g/mol. The number of non-ortho nitro benzene ring substituents is 1. The molecule has 0 aliphatic rings. The summed E-state index contributed by atoms with van der Waals surface area (Å²) in [6.45, 7) is 1.71. The number of furan rings is 1. The summed E-state index contributed by atoms with van der Waals surface area (Å²) < 4.78 is 20.1. The average molecular weight is 470 g/mol. The van der Waals surface area contributed by atoms with Crippen molar-refractivity contribution in [2.75, 3.05) is 5.32 Å². The predicted molar refractivity (Wildman–Crippen MR) is 112 cm³/mol. The van der Waals surface area contributed by atoms with Gasteiger partial charge in [-0.3, -0.25) is 14.9 Å². The Morgan fingerprint density at radius 2 is 2.03 bits per heavy atom. The fourth-order valence-corrected chi connectivity index (χ4v) is 3.02. The van der Waals surface area contributed by atoms with Gasteiger partial charge in [-0.05, 0) is 48.9 Å². The first kappa shape index (κ1) is 21.0. The Morgan fingerprint density at radius 1 is 1.27 bits per heavy atom. The Morgan fingerprint density at radius 3 is 2.67 bits per heavy atom. The summed E-state index contributed by atoms with van der Waals surface area (Å²) >= 11 is 3.12. The van der Waals surface area contributed by atoms with E-state index in [1.165, 1.54) is 30.3 Å². The zero-order chi connectivity index (χ0) is 21.8. The molecule has 0 aliphatic heterocycles. The van der Waals surface area contributed by atoms with Crippen LogP contribution in [0.1, 0.15) is 11.3 Å². The first-order chi connectivity index (χ1) is 14.3. The average Bonchev–Trinajstić information content (AvgIpc) is 3.16. The van der Waals surface area contributed by atoms with Crippen molar-refractivity contribution < 1.29 is 18.5 Å². The quantitative estimate of drug-likeness (QED) is 0.226. The molecule has 2 aromatic carbocycles. The van der Waals surface area contributed by atoms with E-state index >= 15 is 0 Å². The summed E-state index contributed by atoms with van der Waals surface area (Å²) in [4.78, 5) is 22.7. The van der Waals surface area contributed by atoms with Crippen LogP contribution >= 0.6 is 15.9 Å². The first-order valence-electron chi connectivity index (χ1n) is 8.52. The van der Waals surface area contributed by atoms with E-state index < -0.39 is 16.6 Å². The number of nitrogens with zero attached hydrogens (tertiary/aromatic N) is 2. The van der Waals surface area contributed by atoms with E-state index in [0.717, 1.165) is 0 Å². The molecule has 9 heteroatoms. The Kier molecular flexibility index (Phi) is 6.09. The lowest BCUT2D eigenvalue weighted by Crippen LogP contribution is -2.14. The van der Waals surface area contributed by atoms with Gasteiger partial charge in [0.2, 0.25) is 0 Å². The topological polar surface area (TPSA) is 109 Å². The summed E-state index contributed by atoms with van der Waals surface area (Å²) in [6, 6.07) is 13.4. The van der Waals surface area contributed by atoms with Crippen LogP contribution in [0.5, 0.6) is 0 Å². The molecule has 0 bridgehead atoms. The molecule has 3 aromatic rings. The first-order valence-corrected chi connectivity index (χ1v) is 9.31. The SMILES string of the molecule is Cc1cc([N+](=O)[O-])ccc1-c1ccc(C=C(C#N)C(=O)Nc2ccc(Br)cc2F)o1. The molecule has 1 N–H and O–H groups in total. The van der Waals surface area contributed by atoms with Gasteiger partial charge in [0.15, 0.2) is 0 Å². The number of aryl methyl sites for hydroxylation is 1. The van der Waals surface area contributed by atoms with E-state index in [4.69, 9.17) is 4.42 Å². The maximum Gasteiger partial charge on any atom is 0.269 e. The molecule has 0 saturated carbocycles. The highest BCUT2D eigenvalue weighted by molar-refractivity contribution is 9.10. The van der Waals surface area contributed by atoms with Crippen LogP contribution in [0, 0.1) is 34.2 Å². The van der Waals surface area contributed by atoms with Crippen molar-refractivity contribution in [1.82, 2.24) is 0 Å². The van der Waals surface area contributed by atoms with Gasteiger partial charge in [-0.1, -0.05) is 15.9 Å². The van der Waals surface area contributed by atoms with Gasteiger partial charge in [-0.15, -0.1) is 0 Å². The summed E-state index contributed by atoms with van der Waals surface area (Å²) in [6.07, 6.45) is 1.23. The number of nitro benzene ring substituents is 1. The number of rotatable bonds is 5. The fraction of sp³-hybridized carbons (Fsp3) is 0.0476. The molecule has 0 spiro atoms. The number of hydrogen-bond donors (Lipinski definition) is 1. The van der Waals surface area contributed by atoms with Crippen LogP contribution in [0.25, 0.3) is 17.4 Å². The summed E-state index contributed by atoms with van der Waals surface area (Å²) in [5.74, 6) is -0.789. The van der Waals surface area contributed by atoms with Crippen molar-refractivity contribution >= 4 is 39.3 Å². The van der Waals surface area contributed by atoms with Gasteiger partial charge in [0, 0.05) is 28.2 Å². The zero-order valence-electron chi connectivity index (χ0n) is 15.5. The second kappa shape index (κ2) is 8.71. The molecule has 7 nitrogen and oxygen atoms in total. The van der Waals surface area contributed by atoms with E-state index in [1.807, 2.05) is 0 Å². The Hall–Kier alpha value is -3.77. The summed E-state index contributed by atoms with van der Waals surface area (Å²) in [5.41, 5.74) is 0.898. The second-order valence-corrected chi connectivity index (χ2v) is 7.12. The van der Waals surface area contributed by atoms with Crippen molar-refractivity contribution in [1.29, 1.82) is 5.26 Å². The molecule has 0 radical (unpaired) electrons. The van der Waals surface area contributed by atoms with Gasteiger partial charge >= 0.3 is 0 Å². The molecule has 0 atom stereocenters. The molecule has 0 fully saturated rings. The van der Waals surface area contributed by atoms with Gasteiger partial charge in [-0.25, -0.2) is 4.39 Å². The monoisotopic (exact) mass is 469 g/mol. The summed E-state index contributed by atoms with van der Waals surface area (Å²) in [5, 5.41) is 22.5. The number of hydrogen-bond acceptors (Lipinski definition) is 5. The maximum absolute atomic E-state index is 13.9. The highest BCUT2D eigenvalue weighted by Gasteiger charge is 2.15. The molecule has 30 heavy (non-hydrogen) atoms. The van der Waals surface area contributed by atoms with Gasteiger partial charge in [0.25, 0.3) is 11.6 Å². The van der Waals surface area contributed by atoms with E-state index in [1.54, 1.807) is 37.3 Å². The van der Waals surface area contributed by atoms with E-state index in [0.29, 0.717) is 21.4 Å². The smallest absolute Gasteiger partial charge is 0.269 e. The van der Waals surface area contributed by atoms with E-state index in [2.05, 4.69) is 21.2 Å². The number of carbonyl (C=O) groups excluding carboxylic acids is 1. The van der Waals surface area contributed by atoms with Crippen molar-refractivity contribution in [2.45, 2.75) is 6.92 Å². The van der Waals surface area contributed by atoms with Gasteiger partial charge in [0.1, 0.15) is 29.0 Å². The number of amides is 1. The molecule has 3 rings (SSSR count).